The molecule has 0 spiro atoms. The molecule has 1 fully saturated rings. The summed E-state index contributed by atoms with van der Waals surface area (Å²) in [5, 5.41) is 7.83. The number of morpholine rings is 1. The molecule has 0 amide bonds. The molecule has 1 N–H and O–H groups in total. The highest BCUT2D eigenvalue weighted by Gasteiger charge is 2.30. The van der Waals surface area contributed by atoms with Crippen molar-refractivity contribution in [2.45, 2.75) is 38.7 Å². The Bertz CT molecular complexity index is 1630. The molecular weight excluding hydrogens is 615 g/mol. The van der Waals surface area contributed by atoms with Gasteiger partial charge in [0.2, 0.25) is 10.0 Å². The first-order valence-electron chi connectivity index (χ1n) is 14.5. The van der Waals surface area contributed by atoms with E-state index in [0.29, 0.717) is 34.7 Å². The Morgan fingerprint density at radius 1 is 1.05 bits per heavy atom. The molecule has 3 aromatic rings. The number of alkyl halides is 3. The lowest BCUT2D eigenvalue weighted by Gasteiger charge is -2.27. The molecule has 2 aliphatic rings. The molecule has 44 heavy (non-hydrogen) atoms. The summed E-state index contributed by atoms with van der Waals surface area (Å²) in [6, 6.07) is 12.5. The molecule has 0 saturated carbocycles. The van der Waals surface area contributed by atoms with Crippen molar-refractivity contribution in [3.8, 4) is 23.1 Å². The van der Waals surface area contributed by atoms with Crippen LogP contribution in [0.15, 0.2) is 42.5 Å². The third-order valence-corrected chi connectivity index (χ3v) is 9.29. The maximum absolute atomic E-state index is 12.4. The number of fused-ring (bicyclic) bond motifs is 1. The molecule has 5 rings (SSSR count). The van der Waals surface area contributed by atoms with Crippen LogP contribution >= 0.6 is 11.6 Å². The van der Waals surface area contributed by atoms with Crippen molar-refractivity contribution < 1.29 is 26.3 Å². The van der Waals surface area contributed by atoms with Crippen molar-refractivity contribution in [3.05, 3.63) is 75.4 Å². The van der Waals surface area contributed by atoms with Crippen LogP contribution in [-0.4, -0.2) is 85.8 Å². The summed E-state index contributed by atoms with van der Waals surface area (Å²) in [7, 11) is -3.38. The quantitative estimate of drug-likeness (QED) is 0.349. The Morgan fingerprint density at radius 2 is 1.80 bits per heavy atom. The van der Waals surface area contributed by atoms with Crippen LogP contribution in [0.1, 0.15) is 34.4 Å². The van der Waals surface area contributed by atoms with Gasteiger partial charge in [0.1, 0.15) is 0 Å². The van der Waals surface area contributed by atoms with Gasteiger partial charge in [-0.1, -0.05) is 41.6 Å². The number of aryl methyl sites for hydroxylation is 1. The van der Waals surface area contributed by atoms with E-state index >= 15 is 0 Å². The highest BCUT2D eigenvalue weighted by molar-refractivity contribution is 7.88. The average molecular weight is 650 g/mol. The molecular formula is C31H35ClF3N5O3S. The Kier molecular flexibility index (Phi) is 10.3. The summed E-state index contributed by atoms with van der Waals surface area (Å²) in [6.45, 7) is 4.71. The van der Waals surface area contributed by atoms with Gasteiger partial charge < -0.3 is 10.1 Å². The lowest BCUT2D eigenvalue weighted by atomic mass is 10.0. The predicted molar refractivity (Wildman–Crippen MR) is 164 cm³/mol. The molecule has 8 nitrogen and oxygen atoms in total. The van der Waals surface area contributed by atoms with Gasteiger partial charge in [-0.3, -0.25) is 9.58 Å². The lowest BCUT2D eigenvalue weighted by molar-refractivity contribution is -0.125. The second kappa shape index (κ2) is 14.0. The van der Waals surface area contributed by atoms with Gasteiger partial charge in [0, 0.05) is 80.2 Å². The summed E-state index contributed by atoms with van der Waals surface area (Å²) in [6.07, 6.45) is -1.54. The van der Waals surface area contributed by atoms with Crippen molar-refractivity contribution in [2.75, 3.05) is 52.2 Å². The molecule has 236 valence electrons. The van der Waals surface area contributed by atoms with Gasteiger partial charge in [-0.25, -0.2) is 8.42 Å². The number of aromatic nitrogens is 2. The van der Waals surface area contributed by atoms with E-state index < -0.39 is 22.7 Å². The van der Waals surface area contributed by atoms with E-state index in [0.717, 1.165) is 68.3 Å². The zero-order chi connectivity index (χ0) is 31.3. The first-order chi connectivity index (χ1) is 21.0. The van der Waals surface area contributed by atoms with E-state index in [1.165, 1.54) is 10.6 Å². The maximum atomic E-state index is 12.4. The number of nitrogens with zero attached hydrogens (tertiary/aromatic N) is 4. The summed E-state index contributed by atoms with van der Waals surface area (Å²) in [4.78, 5) is 2.38. The van der Waals surface area contributed by atoms with Crippen LogP contribution in [0.2, 0.25) is 5.02 Å². The topological polar surface area (TPSA) is 79.7 Å². The molecule has 0 unspecified atom stereocenters. The Hall–Kier alpha value is -2.92. The maximum Gasteiger partial charge on any atom is 0.401 e. The summed E-state index contributed by atoms with van der Waals surface area (Å²) >= 11 is 6.51. The van der Waals surface area contributed by atoms with Crippen LogP contribution in [0.3, 0.4) is 0 Å². The van der Waals surface area contributed by atoms with E-state index in [9.17, 15) is 21.6 Å². The smallest absolute Gasteiger partial charge is 0.379 e. The van der Waals surface area contributed by atoms with Crippen LogP contribution in [0, 0.1) is 11.8 Å². The highest BCUT2D eigenvalue weighted by atomic mass is 35.5. The minimum Gasteiger partial charge on any atom is -0.379 e. The molecule has 3 heterocycles. The van der Waals surface area contributed by atoms with Gasteiger partial charge in [-0.2, -0.15) is 22.6 Å². The second-order valence-corrected chi connectivity index (χ2v) is 13.4. The van der Waals surface area contributed by atoms with E-state index in [2.05, 4.69) is 22.1 Å². The van der Waals surface area contributed by atoms with Crippen LogP contribution < -0.4 is 5.32 Å². The van der Waals surface area contributed by atoms with Crippen LogP contribution in [0.5, 0.6) is 0 Å². The second-order valence-electron chi connectivity index (χ2n) is 11.0. The van der Waals surface area contributed by atoms with Crippen molar-refractivity contribution in [1.82, 2.24) is 24.3 Å². The highest BCUT2D eigenvalue weighted by Crippen LogP contribution is 2.33. The van der Waals surface area contributed by atoms with Crippen molar-refractivity contribution in [1.29, 1.82) is 0 Å². The molecule has 2 aliphatic heterocycles. The third kappa shape index (κ3) is 8.62. The minimum absolute atomic E-state index is 0.0992. The minimum atomic E-state index is -4.26. The zero-order valence-corrected chi connectivity index (χ0v) is 26.0. The van der Waals surface area contributed by atoms with Crippen molar-refractivity contribution >= 4 is 21.6 Å². The fraction of sp³-hybridized carbons (Fsp3) is 0.452. The van der Waals surface area contributed by atoms with E-state index in [1.807, 2.05) is 16.8 Å². The molecule has 0 aliphatic carbocycles. The summed E-state index contributed by atoms with van der Waals surface area (Å²) < 4.78 is 71.0. The van der Waals surface area contributed by atoms with Gasteiger partial charge in [-0.05, 0) is 36.2 Å². The van der Waals surface area contributed by atoms with E-state index in [1.54, 1.807) is 30.3 Å². The normalized spacial score (nSPS) is 16.4. The number of halogens is 4. The van der Waals surface area contributed by atoms with Crippen LogP contribution in [-0.2, 0) is 40.8 Å². The van der Waals surface area contributed by atoms with Gasteiger partial charge in [0.15, 0.2) is 0 Å². The standard InChI is InChI=1S/C31H35ClF3N5O3S/c1-44(41,42)39-14-11-29-27(21-39)30(37-40(29)13-2-12-38-15-17-43-18-16-38)26-9-10-28(32)25(19-26)8-7-23-3-5-24(6-4-23)20-36-22-31(33,34)35/h3-6,9-10,19,36H,2,11-18,20-22H2,1H3. The summed E-state index contributed by atoms with van der Waals surface area (Å²) in [5.41, 5.74) is 5.45. The van der Waals surface area contributed by atoms with E-state index in [-0.39, 0.29) is 13.1 Å². The average Bonchev–Trinajstić information content (AvgIpc) is 3.35. The van der Waals surface area contributed by atoms with Gasteiger partial charge in [0.05, 0.1) is 36.7 Å². The summed E-state index contributed by atoms with van der Waals surface area (Å²) in [5.74, 6) is 6.19. The fourth-order valence-corrected chi connectivity index (χ4v) is 6.35. The number of benzene rings is 2. The predicted octanol–water partition coefficient (Wildman–Crippen LogP) is 4.30. The number of rotatable bonds is 9. The molecule has 1 saturated heterocycles. The Morgan fingerprint density at radius 3 is 2.50 bits per heavy atom. The number of nitrogens with one attached hydrogen (secondary N) is 1. The first-order valence-corrected chi connectivity index (χ1v) is 16.7. The lowest BCUT2D eigenvalue weighted by Crippen LogP contribution is -2.37. The van der Waals surface area contributed by atoms with Gasteiger partial charge in [0.25, 0.3) is 0 Å². The number of hydrogen-bond donors (Lipinski definition) is 1. The van der Waals surface area contributed by atoms with Gasteiger partial charge in [-0.15, -0.1) is 0 Å². The number of ether oxygens (including phenoxy) is 1. The SMILES string of the molecule is CS(=O)(=O)N1CCc2c(c(-c3ccc(Cl)c(C#Cc4ccc(CNCC(F)(F)F)cc4)c3)nn2CCCN2CCOCC2)C1. The molecule has 0 radical (unpaired) electrons. The molecule has 0 bridgehead atoms. The van der Waals surface area contributed by atoms with Crippen molar-refractivity contribution in [2.24, 2.45) is 0 Å². The molecule has 2 aromatic carbocycles. The van der Waals surface area contributed by atoms with Crippen LogP contribution in [0.4, 0.5) is 13.2 Å². The van der Waals surface area contributed by atoms with Gasteiger partial charge >= 0.3 is 6.18 Å². The first kappa shape index (κ1) is 32.5. The molecule has 1 aromatic heterocycles. The van der Waals surface area contributed by atoms with Crippen LogP contribution in [0.25, 0.3) is 11.3 Å². The Labute approximate surface area is 261 Å². The number of hydrogen-bond acceptors (Lipinski definition) is 6. The third-order valence-electron chi connectivity index (χ3n) is 7.71. The molecule has 13 heteroatoms. The monoisotopic (exact) mass is 649 g/mol. The fourth-order valence-electron chi connectivity index (χ4n) is 5.40. The Balaban J connectivity index is 1.36. The molecule has 0 atom stereocenters. The number of sulfonamides is 1. The van der Waals surface area contributed by atoms with E-state index in [4.69, 9.17) is 21.4 Å². The zero-order valence-electron chi connectivity index (χ0n) is 24.5. The largest absolute Gasteiger partial charge is 0.401 e. The van der Waals surface area contributed by atoms with Crippen molar-refractivity contribution in [3.63, 3.8) is 0 Å².